The summed E-state index contributed by atoms with van der Waals surface area (Å²) in [6, 6.07) is 6.84. The highest BCUT2D eigenvalue weighted by molar-refractivity contribution is 5.34. The zero-order valence-corrected chi connectivity index (χ0v) is 9.93. The average Bonchev–Trinajstić information content (AvgIpc) is 2.33. The Morgan fingerprint density at radius 3 is 2.59 bits per heavy atom. The van der Waals surface area contributed by atoms with Crippen molar-refractivity contribution in [2.45, 2.75) is 12.8 Å². The van der Waals surface area contributed by atoms with E-state index in [9.17, 15) is 10.1 Å². The number of nitro groups is 1. The van der Waals surface area contributed by atoms with Crippen molar-refractivity contribution >= 4 is 5.69 Å². The first kappa shape index (κ1) is 11.8. The molecule has 0 amide bonds. The number of likely N-dealkylation sites (N-methyl/N-ethyl adjacent to an activating group) is 1. The van der Waals surface area contributed by atoms with Gasteiger partial charge in [0.1, 0.15) is 0 Å². The molecule has 0 saturated heterocycles. The van der Waals surface area contributed by atoms with Crippen LogP contribution in [0.1, 0.15) is 12.0 Å². The van der Waals surface area contributed by atoms with Crippen LogP contribution < -0.4 is 0 Å². The smallest absolute Gasteiger partial charge is 0.269 e. The van der Waals surface area contributed by atoms with E-state index in [2.05, 4.69) is 18.0 Å². The standard InChI is InChI=1S/C13H16N2O2/c1-14-8-6-12(7-9-14)10-11-2-4-13(5-3-11)15(16)17/h2-6H,7-10H2,1H3. The predicted molar refractivity (Wildman–Crippen MR) is 67.0 cm³/mol. The van der Waals surface area contributed by atoms with Crippen LogP contribution in [0.4, 0.5) is 5.69 Å². The Hall–Kier alpha value is -1.68. The highest BCUT2D eigenvalue weighted by atomic mass is 16.6. The van der Waals surface area contributed by atoms with Crippen LogP contribution in [0.5, 0.6) is 0 Å². The van der Waals surface area contributed by atoms with Gasteiger partial charge in [0.2, 0.25) is 0 Å². The predicted octanol–water partition coefficient (Wildman–Crippen LogP) is 2.40. The number of nitro benzene ring substituents is 1. The van der Waals surface area contributed by atoms with Crippen molar-refractivity contribution < 1.29 is 4.92 Å². The zero-order valence-electron chi connectivity index (χ0n) is 9.93. The summed E-state index contributed by atoms with van der Waals surface area (Å²) in [5.74, 6) is 0. The molecule has 0 aromatic heterocycles. The van der Waals surface area contributed by atoms with Gasteiger partial charge in [-0.05, 0) is 25.5 Å². The SMILES string of the molecule is CN1CC=C(Cc2ccc([N+](=O)[O-])cc2)CC1. The maximum atomic E-state index is 10.5. The Balaban J connectivity index is 2.02. The average molecular weight is 232 g/mol. The van der Waals surface area contributed by atoms with Crippen molar-refractivity contribution in [2.24, 2.45) is 0 Å². The fourth-order valence-corrected chi connectivity index (χ4v) is 1.97. The molecule has 4 heteroatoms. The summed E-state index contributed by atoms with van der Waals surface area (Å²) >= 11 is 0. The second kappa shape index (κ2) is 5.10. The molecule has 17 heavy (non-hydrogen) atoms. The highest BCUT2D eigenvalue weighted by Gasteiger charge is 2.09. The highest BCUT2D eigenvalue weighted by Crippen LogP contribution is 2.18. The number of benzene rings is 1. The van der Waals surface area contributed by atoms with Crippen molar-refractivity contribution in [3.05, 3.63) is 51.6 Å². The molecule has 0 spiro atoms. The molecule has 1 aromatic carbocycles. The summed E-state index contributed by atoms with van der Waals surface area (Å²) in [6.07, 6.45) is 4.25. The molecule has 0 N–H and O–H groups in total. The third-order valence-corrected chi connectivity index (χ3v) is 3.08. The molecular weight excluding hydrogens is 216 g/mol. The molecule has 0 atom stereocenters. The van der Waals surface area contributed by atoms with Crippen LogP contribution in [0.2, 0.25) is 0 Å². The van der Waals surface area contributed by atoms with Gasteiger partial charge in [0.05, 0.1) is 4.92 Å². The van der Waals surface area contributed by atoms with E-state index >= 15 is 0 Å². The fraction of sp³-hybridized carbons (Fsp3) is 0.385. The molecule has 0 aliphatic carbocycles. The van der Waals surface area contributed by atoms with Gasteiger partial charge in [0, 0.05) is 25.2 Å². The molecule has 1 aromatic rings. The molecule has 1 aliphatic heterocycles. The molecule has 0 saturated carbocycles. The Labute approximate surface area is 101 Å². The van der Waals surface area contributed by atoms with E-state index in [0.717, 1.165) is 31.5 Å². The van der Waals surface area contributed by atoms with E-state index in [1.165, 1.54) is 5.57 Å². The Morgan fingerprint density at radius 1 is 1.35 bits per heavy atom. The third kappa shape index (κ3) is 3.14. The van der Waals surface area contributed by atoms with Gasteiger partial charge in [-0.1, -0.05) is 23.8 Å². The van der Waals surface area contributed by atoms with E-state index in [1.54, 1.807) is 12.1 Å². The van der Waals surface area contributed by atoms with E-state index < -0.39 is 0 Å². The third-order valence-electron chi connectivity index (χ3n) is 3.08. The maximum Gasteiger partial charge on any atom is 0.269 e. The number of non-ortho nitro benzene ring substituents is 1. The second-order valence-corrected chi connectivity index (χ2v) is 4.47. The molecule has 4 nitrogen and oxygen atoms in total. The lowest BCUT2D eigenvalue weighted by Crippen LogP contribution is -2.24. The molecule has 0 unspecified atom stereocenters. The topological polar surface area (TPSA) is 46.4 Å². The molecule has 0 fully saturated rings. The summed E-state index contributed by atoms with van der Waals surface area (Å²) < 4.78 is 0. The minimum Gasteiger partial charge on any atom is -0.302 e. The van der Waals surface area contributed by atoms with Crippen LogP contribution >= 0.6 is 0 Å². The second-order valence-electron chi connectivity index (χ2n) is 4.47. The van der Waals surface area contributed by atoms with E-state index in [-0.39, 0.29) is 10.6 Å². The van der Waals surface area contributed by atoms with E-state index in [0.29, 0.717) is 0 Å². The quantitative estimate of drug-likeness (QED) is 0.456. The fourth-order valence-electron chi connectivity index (χ4n) is 1.97. The lowest BCUT2D eigenvalue weighted by molar-refractivity contribution is -0.384. The van der Waals surface area contributed by atoms with Crippen LogP contribution in [-0.4, -0.2) is 30.0 Å². The molecule has 2 rings (SSSR count). The molecule has 90 valence electrons. The van der Waals surface area contributed by atoms with Crippen molar-refractivity contribution in [1.29, 1.82) is 0 Å². The molecular formula is C13H16N2O2. The summed E-state index contributed by atoms with van der Waals surface area (Å²) in [5.41, 5.74) is 2.73. The van der Waals surface area contributed by atoms with Crippen molar-refractivity contribution in [2.75, 3.05) is 20.1 Å². The van der Waals surface area contributed by atoms with E-state index in [1.807, 2.05) is 12.1 Å². The van der Waals surface area contributed by atoms with Crippen molar-refractivity contribution in [3.8, 4) is 0 Å². The summed E-state index contributed by atoms with van der Waals surface area (Å²) in [5, 5.41) is 10.5. The number of nitrogens with zero attached hydrogens (tertiary/aromatic N) is 2. The Bertz CT molecular complexity index is 437. The van der Waals surface area contributed by atoms with Gasteiger partial charge >= 0.3 is 0 Å². The first-order valence-corrected chi connectivity index (χ1v) is 5.75. The minimum absolute atomic E-state index is 0.158. The maximum absolute atomic E-state index is 10.5. The lowest BCUT2D eigenvalue weighted by atomic mass is 10.00. The molecule has 0 bridgehead atoms. The van der Waals surface area contributed by atoms with Crippen molar-refractivity contribution in [1.82, 2.24) is 4.90 Å². The first-order valence-electron chi connectivity index (χ1n) is 5.75. The van der Waals surface area contributed by atoms with Crippen molar-refractivity contribution in [3.63, 3.8) is 0 Å². The molecule has 1 aliphatic rings. The Kier molecular flexibility index (Phi) is 3.54. The molecule has 1 heterocycles. The van der Waals surface area contributed by atoms with Crippen LogP contribution in [0.25, 0.3) is 0 Å². The normalized spacial score (nSPS) is 16.6. The molecule has 0 radical (unpaired) electrons. The summed E-state index contributed by atoms with van der Waals surface area (Å²) in [6.45, 7) is 2.10. The number of hydrogen-bond acceptors (Lipinski definition) is 3. The van der Waals surface area contributed by atoms with Gasteiger partial charge in [0.15, 0.2) is 0 Å². The van der Waals surface area contributed by atoms with Crippen LogP contribution in [0, 0.1) is 10.1 Å². The summed E-state index contributed by atoms with van der Waals surface area (Å²) in [7, 11) is 2.11. The van der Waals surface area contributed by atoms with Crippen LogP contribution in [0.15, 0.2) is 35.9 Å². The van der Waals surface area contributed by atoms with Crippen LogP contribution in [-0.2, 0) is 6.42 Å². The minimum atomic E-state index is -0.362. The van der Waals surface area contributed by atoms with Gasteiger partial charge in [-0.25, -0.2) is 0 Å². The number of rotatable bonds is 3. The largest absolute Gasteiger partial charge is 0.302 e. The van der Waals surface area contributed by atoms with Gasteiger partial charge in [0.25, 0.3) is 5.69 Å². The summed E-state index contributed by atoms with van der Waals surface area (Å²) in [4.78, 5) is 12.4. The Morgan fingerprint density at radius 2 is 2.06 bits per heavy atom. The van der Waals surface area contributed by atoms with Gasteiger partial charge < -0.3 is 4.90 Å². The van der Waals surface area contributed by atoms with E-state index in [4.69, 9.17) is 0 Å². The van der Waals surface area contributed by atoms with Gasteiger partial charge in [-0.3, -0.25) is 10.1 Å². The first-order chi connectivity index (χ1) is 8.15. The van der Waals surface area contributed by atoms with Gasteiger partial charge in [-0.2, -0.15) is 0 Å². The lowest BCUT2D eigenvalue weighted by Gasteiger charge is -2.21. The van der Waals surface area contributed by atoms with Gasteiger partial charge in [-0.15, -0.1) is 0 Å². The van der Waals surface area contributed by atoms with Crippen LogP contribution in [0.3, 0.4) is 0 Å². The zero-order chi connectivity index (χ0) is 12.3. The monoisotopic (exact) mass is 232 g/mol. The number of hydrogen-bond donors (Lipinski definition) is 0.